The van der Waals surface area contributed by atoms with Crippen LogP contribution in [0.2, 0.25) is 0 Å². The van der Waals surface area contributed by atoms with E-state index >= 15 is 0 Å². The number of pyridine rings is 1. The molecule has 0 unspecified atom stereocenters. The minimum absolute atomic E-state index is 0.221. The molecule has 0 atom stereocenters. The van der Waals surface area contributed by atoms with Crippen LogP contribution in [0.3, 0.4) is 0 Å². The summed E-state index contributed by atoms with van der Waals surface area (Å²) in [6.45, 7) is 1.90. The summed E-state index contributed by atoms with van der Waals surface area (Å²) in [6, 6.07) is 10.6. The number of hydrogen-bond acceptors (Lipinski definition) is 3. The zero-order valence-corrected chi connectivity index (χ0v) is 11.7. The molecule has 5 heteroatoms. The Morgan fingerprint density at radius 1 is 1.37 bits per heavy atom. The van der Waals surface area contributed by atoms with Gasteiger partial charge in [0.05, 0.1) is 11.6 Å². The first-order chi connectivity index (χ1) is 9.10. The van der Waals surface area contributed by atoms with E-state index in [1.807, 2.05) is 31.2 Å². The number of halogens is 1. The lowest BCUT2D eigenvalue weighted by molar-refractivity contribution is 0.102. The van der Waals surface area contributed by atoms with E-state index in [1.165, 1.54) is 12.3 Å². The van der Waals surface area contributed by atoms with Crippen LogP contribution in [0, 0.1) is 18.3 Å². The molecule has 0 spiro atoms. The van der Waals surface area contributed by atoms with Gasteiger partial charge in [-0.15, -0.1) is 0 Å². The number of nitrogens with zero attached hydrogens (tertiary/aromatic N) is 2. The van der Waals surface area contributed by atoms with Gasteiger partial charge in [-0.25, -0.2) is 0 Å². The van der Waals surface area contributed by atoms with Crippen LogP contribution < -0.4 is 5.32 Å². The summed E-state index contributed by atoms with van der Waals surface area (Å²) in [5.74, 6) is -0.335. The highest BCUT2D eigenvalue weighted by Crippen LogP contribution is 2.21. The molecule has 1 amide bonds. The quantitative estimate of drug-likeness (QED) is 0.924. The Bertz CT molecular complexity index is 677. The molecule has 1 aromatic heterocycles. The number of anilines is 1. The van der Waals surface area contributed by atoms with Crippen LogP contribution in [0.5, 0.6) is 0 Å². The first-order valence-electron chi connectivity index (χ1n) is 5.54. The normalized spacial score (nSPS) is 9.74. The molecule has 2 rings (SSSR count). The highest BCUT2D eigenvalue weighted by atomic mass is 79.9. The van der Waals surface area contributed by atoms with Crippen molar-refractivity contribution in [3.05, 3.63) is 57.8 Å². The van der Waals surface area contributed by atoms with Crippen LogP contribution in [0.1, 0.15) is 21.6 Å². The van der Waals surface area contributed by atoms with E-state index in [2.05, 4.69) is 26.2 Å². The van der Waals surface area contributed by atoms with Crippen molar-refractivity contribution in [1.82, 2.24) is 4.98 Å². The second kappa shape index (κ2) is 5.63. The highest BCUT2D eigenvalue weighted by molar-refractivity contribution is 9.10. The molecule has 1 aromatic carbocycles. The summed E-state index contributed by atoms with van der Waals surface area (Å²) in [4.78, 5) is 16.0. The third-order valence-corrected chi connectivity index (χ3v) is 3.06. The van der Waals surface area contributed by atoms with Gasteiger partial charge in [-0.2, -0.15) is 5.26 Å². The zero-order chi connectivity index (χ0) is 13.8. The van der Waals surface area contributed by atoms with Gasteiger partial charge in [-0.05, 0) is 36.8 Å². The fourth-order valence-corrected chi connectivity index (χ4v) is 1.90. The number of rotatable bonds is 2. The molecule has 4 nitrogen and oxygen atoms in total. The van der Waals surface area contributed by atoms with Crippen molar-refractivity contribution in [1.29, 1.82) is 5.26 Å². The van der Waals surface area contributed by atoms with Gasteiger partial charge in [0.1, 0.15) is 5.69 Å². The monoisotopic (exact) mass is 315 g/mol. The van der Waals surface area contributed by atoms with Crippen LogP contribution in [0.25, 0.3) is 0 Å². The zero-order valence-electron chi connectivity index (χ0n) is 10.1. The minimum Gasteiger partial charge on any atom is -0.320 e. The number of aromatic nitrogens is 1. The maximum absolute atomic E-state index is 12.0. The predicted octanol–water partition coefficient (Wildman–Crippen LogP) is 3.28. The van der Waals surface area contributed by atoms with E-state index in [0.29, 0.717) is 11.3 Å². The van der Waals surface area contributed by atoms with Crippen molar-refractivity contribution in [2.24, 2.45) is 0 Å². The van der Waals surface area contributed by atoms with Gasteiger partial charge in [0.2, 0.25) is 0 Å². The van der Waals surface area contributed by atoms with Gasteiger partial charge in [-0.3, -0.25) is 9.78 Å². The third kappa shape index (κ3) is 3.18. The fourth-order valence-electron chi connectivity index (χ4n) is 1.54. The van der Waals surface area contributed by atoms with Crippen molar-refractivity contribution in [3.8, 4) is 6.07 Å². The van der Waals surface area contributed by atoms with Gasteiger partial charge in [0.25, 0.3) is 5.91 Å². The van der Waals surface area contributed by atoms with Crippen LogP contribution in [0.15, 0.2) is 41.0 Å². The standard InChI is InChI=1S/C14H10BrN3O/c1-9-2-3-11(15)7-12(9)18-14(19)13-6-10(8-16)4-5-17-13/h2-7H,1H3,(H,18,19). The molecule has 0 saturated heterocycles. The summed E-state index contributed by atoms with van der Waals surface area (Å²) in [5, 5.41) is 11.6. The Labute approximate surface area is 119 Å². The minimum atomic E-state index is -0.335. The molecule has 1 N–H and O–H groups in total. The number of carbonyl (C=O) groups is 1. The van der Waals surface area contributed by atoms with Gasteiger partial charge >= 0.3 is 0 Å². The van der Waals surface area contributed by atoms with E-state index < -0.39 is 0 Å². The first kappa shape index (κ1) is 13.2. The average molecular weight is 316 g/mol. The van der Waals surface area contributed by atoms with Crippen molar-refractivity contribution in [3.63, 3.8) is 0 Å². The Balaban J connectivity index is 2.26. The molecular weight excluding hydrogens is 306 g/mol. The van der Waals surface area contributed by atoms with Gasteiger partial charge in [0, 0.05) is 16.4 Å². The summed E-state index contributed by atoms with van der Waals surface area (Å²) >= 11 is 3.36. The smallest absolute Gasteiger partial charge is 0.274 e. The summed E-state index contributed by atoms with van der Waals surface area (Å²) in [7, 11) is 0. The lowest BCUT2D eigenvalue weighted by Crippen LogP contribution is -2.14. The highest BCUT2D eigenvalue weighted by Gasteiger charge is 2.10. The molecule has 0 aliphatic rings. The second-order valence-corrected chi connectivity index (χ2v) is 4.87. The molecule has 0 aliphatic carbocycles. The summed E-state index contributed by atoms with van der Waals surface area (Å²) in [5.41, 5.74) is 2.29. The molecular formula is C14H10BrN3O. The Morgan fingerprint density at radius 3 is 2.89 bits per heavy atom. The third-order valence-electron chi connectivity index (χ3n) is 2.57. The first-order valence-corrected chi connectivity index (χ1v) is 6.33. The number of nitriles is 1. The molecule has 2 aromatic rings. The molecule has 0 fully saturated rings. The Kier molecular flexibility index (Phi) is 3.93. The predicted molar refractivity (Wildman–Crippen MR) is 75.8 cm³/mol. The largest absolute Gasteiger partial charge is 0.320 e. The van der Waals surface area contributed by atoms with E-state index in [1.54, 1.807) is 6.07 Å². The summed E-state index contributed by atoms with van der Waals surface area (Å²) < 4.78 is 0.882. The van der Waals surface area contributed by atoms with E-state index in [4.69, 9.17) is 5.26 Å². The van der Waals surface area contributed by atoms with E-state index in [0.717, 1.165) is 10.0 Å². The molecule has 0 saturated carbocycles. The molecule has 0 aliphatic heterocycles. The van der Waals surface area contributed by atoms with Gasteiger partial charge in [0.15, 0.2) is 0 Å². The van der Waals surface area contributed by atoms with Gasteiger partial charge < -0.3 is 5.32 Å². The van der Waals surface area contributed by atoms with Crippen LogP contribution >= 0.6 is 15.9 Å². The van der Waals surface area contributed by atoms with Crippen molar-refractivity contribution in [2.75, 3.05) is 5.32 Å². The molecule has 0 radical (unpaired) electrons. The molecule has 19 heavy (non-hydrogen) atoms. The second-order valence-electron chi connectivity index (χ2n) is 3.95. The lowest BCUT2D eigenvalue weighted by Gasteiger charge is -2.08. The maximum atomic E-state index is 12.0. The number of carbonyl (C=O) groups excluding carboxylic acids is 1. The maximum Gasteiger partial charge on any atom is 0.274 e. The van der Waals surface area contributed by atoms with Crippen LogP contribution in [0.4, 0.5) is 5.69 Å². The number of hydrogen-bond donors (Lipinski definition) is 1. The Hall–Kier alpha value is -2.19. The average Bonchev–Trinajstić information content (AvgIpc) is 2.43. The van der Waals surface area contributed by atoms with Crippen LogP contribution in [-0.4, -0.2) is 10.9 Å². The number of nitrogens with one attached hydrogen (secondary N) is 1. The molecule has 94 valence electrons. The van der Waals surface area contributed by atoms with Crippen molar-refractivity contribution < 1.29 is 4.79 Å². The van der Waals surface area contributed by atoms with E-state index in [9.17, 15) is 4.79 Å². The number of benzene rings is 1. The molecule has 1 heterocycles. The van der Waals surface area contributed by atoms with Crippen molar-refractivity contribution in [2.45, 2.75) is 6.92 Å². The van der Waals surface area contributed by atoms with Gasteiger partial charge in [-0.1, -0.05) is 22.0 Å². The van der Waals surface area contributed by atoms with Crippen LogP contribution in [-0.2, 0) is 0 Å². The lowest BCUT2D eigenvalue weighted by atomic mass is 10.2. The Morgan fingerprint density at radius 2 is 2.16 bits per heavy atom. The summed E-state index contributed by atoms with van der Waals surface area (Å²) in [6.07, 6.45) is 1.45. The number of aryl methyl sites for hydroxylation is 1. The molecule has 0 bridgehead atoms. The number of amides is 1. The SMILES string of the molecule is Cc1ccc(Br)cc1NC(=O)c1cc(C#N)ccn1. The van der Waals surface area contributed by atoms with E-state index in [-0.39, 0.29) is 11.6 Å². The topological polar surface area (TPSA) is 65.8 Å². The fraction of sp³-hybridized carbons (Fsp3) is 0.0714. The van der Waals surface area contributed by atoms with Crippen molar-refractivity contribution >= 4 is 27.5 Å².